The third kappa shape index (κ3) is 6.44. The lowest BCUT2D eigenvalue weighted by Crippen LogP contribution is -2.38. The number of rotatable bonds is 9. The molecular weight excluding hydrogens is 382 g/mol. The quantitative estimate of drug-likeness (QED) is 0.669. The second-order valence-corrected chi connectivity index (χ2v) is 6.39. The van der Waals surface area contributed by atoms with Crippen LogP contribution in [0.2, 0.25) is 5.02 Å². The third-order valence-corrected chi connectivity index (χ3v) is 4.27. The Morgan fingerprint density at radius 1 is 0.964 bits per heavy atom. The lowest BCUT2D eigenvalue weighted by atomic mass is 10.3. The SMILES string of the molecule is CCN(CC(=O)Nc1cccc(OC)c1)CC(=O)Nc1ccc(OC)c(Cl)c1. The molecule has 2 amide bonds. The molecule has 0 aromatic heterocycles. The highest BCUT2D eigenvalue weighted by Crippen LogP contribution is 2.27. The maximum atomic E-state index is 12.3. The summed E-state index contributed by atoms with van der Waals surface area (Å²) in [5, 5.41) is 5.98. The van der Waals surface area contributed by atoms with Crippen LogP contribution in [-0.4, -0.2) is 50.6 Å². The number of hydrogen-bond acceptors (Lipinski definition) is 5. The first-order chi connectivity index (χ1) is 13.4. The van der Waals surface area contributed by atoms with E-state index in [1.54, 1.807) is 54.5 Å². The van der Waals surface area contributed by atoms with Gasteiger partial charge in [-0.15, -0.1) is 0 Å². The first kappa shape index (κ1) is 21.5. The van der Waals surface area contributed by atoms with Crippen LogP contribution in [0.5, 0.6) is 11.5 Å². The first-order valence-corrected chi connectivity index (χ1v) is 9.12. The lowest BCUT2D eigenvalue weighted by molar-refractivity contribution is -0.119. The number of nitrogens with one attached hydrogen (secondary N) is 2. The number of carbonyl (C=O) groups is 2. The van der Waals surface area contributed by atoms with E-state index in [0.29, 0.717) is 34.4 Å². The molecule has 0 aliphatic carbocycles. The van der Waals surface area contributed by atoms with E-state index in [4.69, 9.17) is 21.1 Å². The van der Waals surface area contributed by atoms with Crippen molar-refractivity contribution < 1.29 is 19.1 Å². The van der Waals surface area contributed by atoms with Crippen LogP contribution in [0.15, 0.2) is 42.5 Å². The first-order valence-electron chi connectivity index (χ1n) is 8.74. The van der Waals surface area contributed by atoms with Crippen LogP contribution in [0.4, 0.5) is 11.4 Å². The Labute approximate surface area is 169 Å². The van der Waals surface area contributed by atoms with Crippen molar-refractivity contribution in [2.75, 3.05) is 44.5 Å². The van der Waals surface area contributed by atoms with Gasteiger partial charge in [-0.2, -0.15) is 0 Å². The molecule has 0 saturated heterocycles. The molecule has 2 aromatic rings. The molecule has 0 fully saturated rings. The standard InChI is InChI=1S/C20H24ClN3O4/c1-4-24(12-19(25)22-14-6-5-7-16(10-14)27-2)13-20(26)23-15-8-9-18(28-3)17(21)11-15/h5-11H,4,12-13H2,1-3H3,(H,22,25)(H,23,26). The second-order valence-electron chi connectivity index (χ2n) is 5.98. The van der Waals surface area contributed by atoms with Crippen LogP contribution in [0, 0.1) is 0 Å². The summed E-state index contributed by atoms with van der Waals surface area (Å²) in [4.78, 5) is 26.3. The molecule has 0 saturated carbocycles. The molecule has 8 heteroatoms. The molecule has 2 N–H and O–H groups in total. The van der Waals surface area contributed by atoms with Gasteiger partial charge < -0.3 is 20.1 Å². The summed E-state index contributed by atoms with van der Waals surface area (Å²) in [6.45, 7) is 2.59. The molecule has 0 atom stereocenters. The molecule has 0 radical (unpaired) electrons. The average Bonchev–Trinajstić information content (AvgIpc) is 2.67. The van der Waals surface area contributed by atoms with E-state index in [0.717, 1.165) is 0 Å². The van der Waals surface area contributed by atoms with Crippen LogP contribution >= 0.6 is 11.6 Å². The molecule has 0 unspecified atom stereocenters. The summed E-state index contributed by atoms with van der Waals surface area (Å²) in [5.41, 5.74) is 1.20. The van der Waals surface area contributed by atoms with Crippen molar-refractivity contribution >= 4 is 34.8 Å². The number of benzene rings is 2. The van der Waals surface area contributed by atoms with Crippen molar-refractivity contribution in [3.05, 3.63) is 47.5 Å². The molecule has 2 aromatic carbocycles. The normalized spacial score (nSPS) is 10.5. The molecular formula is C20H24ClN3O4. The predicted octanol–water partition coefficient (Wildman–Crippen LogP) is 3.26. The Morgan fingerprint density at radius 3 is 2.14 bits per heavy atom. The number of hydrogen-bond donors (Lipinski definition) is 2. The Kier molecular flexibility index (Phi) is 8.10. The summed E-state index contributed by atoms with van der Waals surface area (Å²) in [6, 6.07) is 12.1. The Balaban J connectivity index is 1.89. The van der Waals surface area contributed by atoms with Gasteiger partial charge in [0.15, 0.2) is 0 Å². The Hall–Kier alpha value is -2.77. The van der Waals surface area contributed by atoms with Crippen molar-refractivity contribution in [3.8, 4) is 11.5 Å². The number of carbonyl (C=O) groups excluding carboxylic acids is 2. The number of anilines is 2. The fourth-order valence-corrected chi connectivity index (χ4v) is 2.79. The molecule has 28 heavy (non-hydrogen) atoms. The van der Waals surface area contributed by atoms with Gasteiger partial charge in [0.1, 0.15) is 11.5 Å². The summed E-state index contributed by atoms with van der Waals surface area (Å²) in [6.07, 6.45) is 0. The highest BCUT2D eigenvalue weighted by Gasteiger charge is 2.14. The third-order valence-electron chi connectivity index (χ3n) is 3.97. The fourth-order valence-electron chi connectivity index (χ4n) is 2.53. The monoisotopic (exact) mass is 405 g/mol. The molecule has 0 spiro atoms. The van der Waals surface area contributed by atoms with Crippen molar-refractivity contribution in [1.29, 1.82) is 0 Å². The van der Waals surface area contributed by atoms with Crippen molar-refractivity contribution in [1.82, 2.24) is 4.90 Å². The number of amides is 2. The predicted molar refractivity (Wildman–Crippen MR) is 110 cm³/mol. The molecule has 2 rings (SSSR count). The van der Waals surface area contributed by atoms with Gasteiger partial charge >= 0.3 is 0 Å². The zero-order chi connectivity index (χ0) is 20.5. The van der Waals surface area contributed by atoms with Gasteiger partial charge in [-0.25, -0.2) is 0 Å². The maximum absolute atomic E-state index is 12.3. The molecule has 0 aliphatic rings. The van der Waals surface area contributed by atoms with E-state index in [2.05, 4.69) is 10.6 Å². The van der Waals surface area contributed by atoms with Gasteiger partial charge in [-0.1, -0.05) is 24.6 Å². The highest BCUT2D eigenvalue weighted by molar-refractivity contribution is 6.32. The number of halogens is 1. The van der Waals surface area contributed by atoms with Crippen molar-refractivity contribution in [3.63, 3.8) is 0 Å². The number of methoxy groups -OCH3 is 2. The van der Waals surface area contributed by atoms with E-state index < -0.39 is 0 Å². The number of nitrogens with zero attached hydrogens (tertiary/aromatic N) is 1. The molecule has 0 heterocycles. The Bertz CT molecular complexity index is 829. The topological polar surface area (TPSA) is 79.9 Å². The minimum Gasteiger partial charge on any atom is -0.497 e. The Morgan fingerprint density at radius 2 is 1.61 bits per heavy atom. The van der Waals surface area contributed by atoms with E-state index >= 15 is 0 Å². The smallest absolute Gasteiger partial charge is 0.238 e. The van der Waals surface area contributed by atoms with Crippen LogP contribution < -0.4 is 20.1 Å². The largest absolute Gasteiger partial charge is 0.497 e. The van der Waals surface area contributed by atoms with Crippen LogP contribution in [-0.2, 0) is 9.59 Å². The second kappa shape index (κ2) is 10.5. The number of likely N-dealkylation sites (N-methyl/N-ethyl adjacent to an activating group) is 1. The zero-order valence-electron chi connectivity index (χ0n) is 16.1. The van der Waals surface area contributed by atoms with Gasteiger partial charge in [0.25, 0.3) is 0 Å². The summed E-state index contributed by atoms with van der Waals surface area (Å²) >= 11 is 6.06. The van der Waals surface area contributed by atoms with Gasteiger partial charge in [0.05, 0.1) is 32.3 Å². The van der Waals surface area contributed by atoms with Crippen LogP contribution in [0.25, 0.3) is 0 Å². The molecule has 150 valence electrons. The lowest BCUT2D eigenvalue weighted by Gasteiger charge is -2.19. The van der Waals surface area contributed by atoms with Crippen molar-refractivity contribution in [2.45, 2.75) is 6.92 Å². The van der Waals surface area contributed by atoms with Gasteiger partial charge in [0, 0.05) is 17.4 Å². The van der Waals surface area contributed by atoms with E-state index in [9.17, 15) is 9.59 Å². The number of ether oxygens (including phenoxy) is 2. The zero-order valence-corrected chi connectivity index (χ0v) is 16.9. The van der Waals surface area contributed by atoms with Gasteiger partial charge in [0.2, 0.25) is 11.8 Å². The van der Waals surface area contributed by atoms with Crippen LogP contribution in [0.1, 0.15) is 6.92 Å². The fraction of sp³-hybridized carbons (Fsp3) is 0.300. The summed E-state index contributed by atoms with van der Waals surface area (Å²) in [7, 11) is 3.09. The summed E-state index contributed by atoms with van der Waals surface area (Å²) in [5.74, 6) is 0.736. The maximum Gasteiger partial charge on any atom is 0.238 e. The molecule has 0 aliphatic heterocycles. The average molecular weight is 406 g/mol. The minimum atomic E-state index is -0.239. The van der Waals surface area contributed by atoms with E-state index in [1.807, 2.05) is 6.92 Å². The van der Waals surface area contributed by atoms with Gasteiger partial charge in [-0.3, -0.25) is 14.5 Å². The van der Waals surface area contributed by atoms with E-state index in [1.165, 1.54) is 7.11 Å². The van der Waals surface area contributed by atoms with Crippen LogP contribution in [0.3, 0.4) is 0 Å². The minimum absolute atomic E-state index is 0.0751. The van der Waals surface area contributed by atoms with Gasteiger partial charge in [-0.05, 0) is 36.9 Å². The molecule has 7 nitrogen and oxygen atoms in total. The van der Waals surface area contributed by atoms with E-state index in [-0.39, 0.29) is 24.9 Å². The van der Waals surface area contributed by atoms with Crippen molar-refractivity contribution in [2.24, 2.45) is 0 Å². The summed E-state index contributed by atoms with van der Waals surface area (Å²) < 4.78 is 10.2. The molecule has 0 bridgehead atoms. The highest BCUT2D eigenvalue weighted by atomic mass is 35.5.